The first-order valence-electron chi connectivity index (χ1n) is 4.62. The predicted octanol–water partition coefficient (Wildman–Crippen LogP) is 0.402. The van der Waals surface area contributed by atoms with Crippen LogP contribution in [0.15, 0.2) is 24.3 Å². The number of benzene rings is 1. The van der Waals surface area contributed by atoms with Crippen LogP contribution in [0.4, 0.5) is 0 Å². The lowest BCUT2D eigenvalue weighted by atomic mass is 10.1. The highest BCUT2D eigenvalue weighted by atomic mass is 16.5. The normalized spacial score (nSPS) is 13.2. The minimum absolute atomic E-state index is 0.311. The van der Waals surface area contributed by atoms with Crippen LogP contribution >= 0.6 is 0 Å². The summed E-state index contributed by atoms with van der Waals surface area (Å²) in [5.74, 6) is -1.24. The summed E-state index contributed by atoms with van der Waals surface area (Å²) in [6.45, 7) is -0.572. The average molecular weight is 234 g/mol. The van der Waals surface area contributed by atoms with E-state index < -0.39 is 18.2 Å². The van der Waals surface area contributed by atoms with Gasteiger partial charge in [-0.05, 0) is 24.3 Å². The molecule has 0 aliphatic rings. The fourth-order valence-electron chi connectivity index (χ4n) is 0.984. The van der Waals surface area contributed by atoms with Gasteiger partial charge in [-0.25, -0.2) is 4.79 Å². The fraction of sp³-hybridized carbons (Fsp3) is 0.182. The van der Waals surface area contributed by atoms with E-state index in [1.54, 1.807) is 0 Å². The van der Waals surface area contributed by atoms with Crippen LogP contribution in [0.3, 0.4) is 0 Å². The van der Waals surface area contributed by atoms with Crippen LogP contribution in [-0.4, -0.2) is 34.6 Å². The molecule has 6 nitrogen and oxygen atoms in total. The second-order valence-electron chi connectivity index (χ2n) is 3.30. The minimum atomic E-state index is -2.34. The number of carboxylic acid groups (broad SMARTS) is 1. The number of nitriles is 1. The second kappa shape index (κ2) is 5.09. The summed E-state index contributed by atoms with van der Waals surface area (Å²) in [7, 11) is 0. The number of carbonyl (C=O) groups is 1. The van der Waals surface area contributed by atoms with Gasteiger partial charge in [-0.3, -0.25) is 0 Å². The molecule has 6 heteroatoms. The molecule has 1 atom stereocenters. The van der Waals surface area contributed by atoms with Gasteiger partial charge in [0.2, 0.25) is 5.60 Å². The van der Waals surface area contributed by atoms with Crippen LogP contribution in [0.5, 0.6) is 5.75 Å². The molecule has 17 heavy (non-hydrogen) atoms. The number of hydrogen-bond donors (Lipinski definition) is 3. The van der Waals surface area contributed by atoms with Gasteiger partial charge >= 0.3 is 5.97 Å². The van der Waals surface area contributed by atoms with Crippen molar-refractivity contribution in [2.75, 3.05) is 6.61 Å². The number of ether oxygens (including phenoxy) is 1. The van der Waals surface area contributed by atoms with Gasteiger partial charge in [0.15, 0.2) is 0 Å². The average Bonchev–Trinajstić information content (AvgIpc) is 2.36. The van der Waals surface area contributed by atoms with Crippen molar-refractivity contribution in [2.24, 2.45) is 0 Å². The lowest BCUT2D eigenvalue weighted by Gasteiger charge is -2.18. The number of aliphatic hydroxyl groups is 1. The number of aliphatic carboxylic acids is 1. The summed E-state index contributed by atoms with van der Waals surface area (Å²) >= 11 is 0. The fourth-order valence-corrected chi connectivity index (χ4v) is 0.984. The summed E-state index contributed by atoms with van der Waals surface area (Å²) in [4.78, 5) is 10.6. The quantitative estimate of drug-likeness (QED) is 0.638. The summed E-state index contributed by atoms with van der Waals surface area (Å²) in [5.41, 5.74) is -1.90. The first kappa shape index (κ1) is 12.7. The van der Waals surface area contributed by atoms with Gasteiger partial charge in [0, 0.05) is 6.21 Å². The first-order valence-corrected chi connectivity index (χ1v) is 4.62. The maximum absolute atomic E-state index is 10.6. The molecular weight excluding hydrogens is 224 g/mol. The van der Waals surface area contributed by atoms with Gasteiger partial charge in [-0.15, -0.1) is 0 Å². The van der Waals surface area contributed by atoms with Crippen LogP contribution in [0, 0.1) is 16.7 Å². The Hall–Kier alpha value is -2.39. The molecule has 1 aromatic carbocycles. The molecule has 0 amide bonds. The molecule has 0 unspecified atom stereocenters. The van der Waals surface area contributed by atoms with Gasteiger partial charge in [0.1, 0.15) is 12.4 Å². The van der Waals surface area contributed by atoms with Crippen LogP contribution in [0.2, 0.25) is 0 Å². The third-order valence-corrected chi connectivity index (χ3v) is 2.05. The Balaban J connectivity index is 2.70. The molecule has 0 aliphatic carbocycles. The summed E-state index contributed by atoms with van der Waals surface area (Å²) in [5, 5.41) is 33.5. The second-order valence-corrected chi connectivity index (χ2v) is 3.30. The zero-order chi connectivity index (χ0) is 12.9. The number of rotatable bonds is 5. The van der Waals surface area contributed by atoms with Gasteiger partial charge in [0.25, 0.3) is 0 Å². The number of nitrogens with one attached hydrogen (secondary N) is 1. The Morgan fingerprint density at radius 1 is 1.53 bits per heavy atom. The summed E-state index contributed by atoms with van der Waals surface area (Å²) in [6, 6.07) is 7.87. The summed E-state index contributed by atoms with van der Waals surface area (Å²) in [6.07, 6.45) is 0.402. The van der Waals surface area contributed by atoms with Crippen LogP contribution in [-0.2, 0) is 4.79 Å². The van der Waals surface area contributed by atoms with Crippen molar-refractivity contribution in [3.63, 3.8) is 0 Å². The highest BCUT2D eigenvalue weighted by molar-refractivity contribution is 5.96. The van der Waals surface area contributed by atoms with Gasteiger partial charge < -0.3 is 20.4 Å². The largest absolute Gasteiger partial charge is 0.490 e. The van der Waals surface area contributed by atoms with E-state index in [2.05, 4.69) is 0 Å². The number of carboxylic acids is 1. The molecule has 1 aromatic rings. The van der Waals surface area contributed by atoms with Crippen molar-refractivity contribution >= 4 is 12.2 Å². The SMILES string of the molecule is N#Cc1ccc(OC[C@@](O)(C=N)C(=O)O)cc1. The molecule has 0 aliphatic heterocycles. The van der Waals surface area contributed by atoms with Crippen molar-refractivity contribution in [1.29, 1.82) is 10.7 Å². The van der Waals surface area contributed by atoms with Crippen molar-refractivity contribution < 1.29 is 19.7 Å². The Labute approximate surface area is 97.2 Å². The van der Waals surface area contributed by atoms with Gasteiger partial charge in [-0.1, -0.05) is 0 Å². The van der Waals surface area contributed by atoms with E-state index in [1.165, 1.54) is 24.3 Å². The lowest BCUT2D eigenvalue weighted by Crippen LogP contribution is -2.45. The monoisotopic (exact) mass is 234 g/mol. The molecular formula is C11H10N2O4. The van der Waals surface area contributed by atoms with E-state index in [0.29, 0.717) is 17.5 Å². The van der Waals surface area contributed by atoms with Crippen LogP contribution in [0.25, 0.3) is 0 Å². The molecule has 0 saturated carbocycles. The number of hydrogen-bond acceptors (Lipinski definition) is 5. The van der Waals surface area contributed by atoms with E-state index in [1.807, 2.05) is 6.07 Å². The maximum Gasteiger partial charge on any atom is 0.345 e. The standard InChI is InChI=1S/C11H10N2O4/c12-5-8-1-3-9(4-2-8)17-7-11(16,6-13)10(14)15/h1-4,6,13,16H,7H2,(H,14,15)/t11-/m0/s1. The lowest BCUT2D eigenvalue weighted by molar-refractivity contribution is -0.153. The molecule has 0 spiro atoms. The van der Waals surface area contributed by atoms with E-state index in [-0.39, 0.29) is 0 Å². The molecule has 0 bridgehead atoms. The van der Waals surface area contributed by atoms with E-state index in [4.69, 9.17) is 20.5 Å². The first-order chi connectivity index (χ1) is 8.01. The smallest absolute Gasteiger partial charge is 0.345 e. The third kappa shape index (κ3) is 3.03. The van der Waals surface area contributed by atoms with Crippen molar-refractivity contribution in [3.05, 3.63) is 29.8 Å². The zero-order valence-electron chi connectivity index (χ0n) is 8.75. The topological polar surface area (TPSA) is 114 Å². The van der Waals surface area contributed by atoms with Crippen LogP contribution in [0.1, 0.15) is 5.56 Å². The summed E-state index contributed by atoms with van der Waals surface area (Å²) < 4.78 is 5.03. The molecule has 0 heterocycles. The van der Waals surface area contributed by atoms with E-state index in [9.17, 15) is 9.90 Å². The molecule has 88 valence electrons. The van der Waals surface area contributed by atoms with Crippen molar-refractivity contribution in [1.82, 2.24) is 0 Å². The molecule has 3 N–H and O–H groups in total. The Morgan fingerprint density at radius 3 is 2.53 bits per heavy atom. The molecule has 0 radical (unpaired) electrons. The third-order valence-electron chi connectivity index (χ3n) is 2.05. The Kier molecular flexibility index (Phi) is 3.80. The van der Waals surface area contributed by atoms with Gasteiger partial charge in [-0.2, -0.15) is 5.26 Å². The van der Waals surface area contributed by atoms with Crippen molar-refractivity contribution in [3.8, 4) is 11.8 Å². The maximum atomic E-state index is 10.6. The van der Waals surface area contributed by atoms with Gasteiger partial charge in [0.05, 0.1) is 11.6 Å². The highest BCUT2D eigenvalue weighted by Gasteiger charge is 2.34. The number of nitrogens with zero attached hydrogens (tertiary/aromatic N) is 1. The predicted molar refractivity (Wildman–Crippen MR) is 58.0 cm³/mol. The Morgan fingerprint density at radius 2 is 2.12 bits per heavy atom. The molecule has 0 saturated heterocycles. The molecule has 1 rings (SSSR count). The van der Waals surface area contributed by atoms with E-state index in [0.717, 1.165) is 0 Å². The molecule has 0 fully saturated rings. The minimum Gasteiger partial charge on any atom is -0.490 e. The van der Waals surface area contributed by atoms with Crippen molar-refractivity contribution in [2.45, 2.75) is 5.60 Å². The molecule has 0 aromatic heterocycles. The van der Waals surface area contributed by atoms with Crippen LogP contribution < -0.4 is 4.74 Å². The zero-order valence-corrected chi connectivity index (χ0v) is 8.75. The van der Waals surface area contributed by atoms with E-state index >= 15 is 0 Å². The Bertz CT molecular complexity index is 463. The highest BCUT2D eigenvalue weighted by Crippen LogP contribution is 2.13.